The lowest BCUT2D eigenvalue weighted by Gasteiger charge is -2.35. The summed E-state index contributed by atoms with van der Waals surface area (Å²) in [4.78, 5) is 27.3. The van der Waals surface area contributed by atoms with E-state index < -0.39 is 37.8 Å². The number of hydrogen-bond donors (Lipinski definition) is 0. The number of nitrogens with zero attached hydrogens (tertiary/aromatic N) is 3. The Hall–Kier alpha value is -1.98. The van der Waals surface area contributed by atoms with E-state index in [1.54, 1.807) is 4.90 Å². The van der Waals surface area contributed by atoms with E-state index in [9.17, 15) is 31.2 Å². The summed E-state index contributed by atoms with van der Waals surface area (Å²) >= 11 is 0. The van der Waals surface area contributed by atoms with Crippen LogP contribution in [0, 0.1) is 22.9 Å². The van der Waals surface area contributed by atoms with Gasteiger partial charge in [-0.05, 0) is 25.0 Å². The molecular weight excluding hydrogens is 423 g/mol. The summed E-state index contributed by atoms with van der Waals surface area (Å²) in [7, 11) is -4.34. The van der Waals surface area contributed by atoms with E-state index in [1.165, 1.54) is 4.90 Å². The number of piperazine rings is 1. The largest absolute Gasteiger partial charge is 0.283 e. The Morgan fingerprint density at radius 1 is 0.933 bits per heavy atom. The Morgan fingerprint density at radius 3 is 2.20 bits per heavy atom. The summed E-state index contributed by atoms with van der Waals surface area (Å²) in [5.41, 5.74) is -0.563. The highest BCUT2D eigenvalue weighted by Gasteiger charge is 2.52. The van der Waals surface area contributed by atoms with Crippen LogP contribution in [0.5, 0.6) is 0 Å². The van der Waals surface area contributed by atoms with Gasteiger partial charge in [-0.2, -0.15) is 4.31 Å². The van der Waals surface area contributed by atoms with Crippen LogP contribution in [0.15, 0.2) is 17.0 Å². The number of carbonyl (C=O) groups excluding carboxylic acids is 2. The summed E-state index contributed by atoms with van der Waals surface area (Å²) in [5, 5.41) is 0. The maximum Gasteiger partial charge on any atom is 0.246 e. The summed E-state index contributed by atoms with van der Waals surface area (Å²) in [5.74, 6) is -5.39. The van der Waals surface area contributed by atoms with Crippen LogP contribution in [0.25, 0.3) is 0 Å². The van der Waals surface area contributed by atoms with Gasteiger partial charge in [-0.1, -0.05) is 12.8 Å². The third-order valence-electron chi connectivity index (χ3n) is 6.34. The first-order chi connectivity index (χ1) is 14.2. The van der Waals surface area contributed by atoms with Gasteiger partial charge in [0.2, 0.25) is 21.8 Å². The van der Waals surface area contributed by atoms with E-state index in [2.05, 4.69) is 0 Å². The van der Waals surface area contributed by atoms with Crippen molar-refractivity contribution < 1.29 is 31.2 Å². The van der Waals surface area contributed by atoms with Gasteiger partial charge in [0.25, 0.3) is 0 Å². The molecule has 2 amide bonds. The first-order valence-electron chi connectivity index (χ1n) is 9.86. The van der Waals surface area contributed by atoms with Crippen LogP contribution >= 0.6 is 0 Å². The Kier molecular flexibility index (Phi) is 5.39. The van der Waals surface area contributed by atoms with E-state index >= 15 is 0 Å². The number of amides is 2. The number of likely N-dealkylation sites (tertiary alicyclic amines) is 1. The van der Waals surface area contributed by atoms with E-state index in [4.69, 9.17) is 0 Å². The van der Waals surface area contributed by atoms with Gasteiger partial charge >= 0.3 is 0 Å². The Balaban J connectivity index is 1.41. The predicted molar refractivity (Wildman–Crippen MR) is 98.9 cm³/mol. The third kappa shape index (κ3) is 3.42. The van der Waals surface area contributed by atoms with Crippen LogP contribution in [0.4, 0.5) is 13.2 Å². The van der Waals surface area contributed by atoms with E-state index in [-0.39, 0.29) is 51.1 Å². The minimum atomic E-state index is -4.34. The first kappa shape index (κ1) is 21.3. The zero-order chi connectivity index (χ0) is 21.7. The van der Waals surface area contributed by atoms with Crippen molar-refractivity contribution in [1.29, 1.82) is 0 Å². The molecule has 7 nitrogen and oxygen atoms in total. The number of rotatable bonds is 4. The first-order valence-corrected chi connectivity index (χ1v) is 11.3. The fourth-order valence-electron chi connectivity index (χ4n) is 4.60. The molecule has 1 aromatic rings. The second-order valence-corrected chi connectivity index (χ2v) is 10.0. The predicted octanol–water partition coefficient (Wildman–Crippen LogP) is 1.69. The molecule has 0 radical (unpaired) electrons. The molecule has 0 unspecified atom stereocenters. The van der Waals surface area contributed by atoms with Gasteiger partial charge in [0.15, 0.2) is 17.5 Å². The minimum Gasteiger partial charge on any atom is -0.283 e. The third-order valence-corrected chi connectivity index (χ3v) is 8.26. The van der Waals surface area contributed by atoms with Crippen molar-refractivity contribution in [2.45, 2.75) is 37.0 Å². The van der Waals surface area contributed by atoms with Crippen LogP contribution in [0.2, 0.25) is 0 Å². The summed E-state index contributed by atoms with van der Waals surface area (Å²) in [6, 6.07) is 1.28. The van der Waals surface area contributed by atoms with Crippen molar-refractivity contribution in [3.63, 3.8) is 0 Å². The zero-order valence-electron chi connectivity index (χ0n) is 16.2. The van der Waals surface area contributed by atoms with Crippen molar-refractivity contribution in [3.05, 3.63) is 29.6 Å². The summed E-state index contributed by atoms with van der Waals surface area (Å²) in [6.07, 6.45) is 3.54. The van der Waals surface area contributed by atoms with Gasteiger partial charge in [-0.3, -0.25) is 19.4 Å². The zero-order valence-corrected chi connectivity index (χ0v) is 17.1. The van der Waals surface area contributed by atoms with Gasteiger partial charge in [-0.25, -0.2) is 21.6 Å². The number of carbonyl (C=O) groups is 2. The Bertz CT molecular complexity index is 987. The fraction of sp³-hybridized carbons (Fsp3) is 0.579. The van der Waals surface area contributed by atoms with E-state index in [0.29, 0.717) is 12.1 Å². The van der Waals surface area contributed by atoms with Gasteiger partial charge in [0, 0.05) is 32.6 Å². The number of sulfonamides is 1. The number of halogens is 3. The molecule has 0 atom stereocenters. The molecule has 0 N–H and O–H groups in total. The van der Waals surface area contributed by atoms with Crippen molar-refractivity contribution in [2.24, 2.45) is 5.41 Å². The molecular formula is C19H22F3N3O4S. The molecule has 0 bridgehead atoms. The molecule has 11 heteroatoms. The van der Waals surface area contributed by atoms with Gasteiger partial charge in [0.1, 0.15) is 4.90 Å². The lowest BCUT2D eigenvalue weighted by atomic mass is 9.85. The smallest absolute Gasteiger partial charge is 0.246 e. The quantitative estimate of drug-likeness (QED) is 0.521. The van der Waals surface area contributed by atoms with Gasteiger partial charge in [-0.15, -0.1) is 0 Å². The lowest BCUT2D eigenvalue weighted by molar-refractivity contribution is -0.144. The molecule has 1 saturated carbocycles. The molecule has 164 valence electrons. The maximum atomic E-state index is 14.0. The Morgan fingerprint density at radius 2 is 1.57 bits per heavy atom. The average molecular weight is 445 g/mol. The number of imide groups is 1. The molecule has 3 aliphatic rings. The summed E-state index contributed by atoms with van der Waals surface area (Å²) < 4.78 is 66.9. The molecule has 2 heterocycles. The molecule has 4 rings (SSSR count). The normalized spacial score (nSPS) is 23.1. The van der Waals surface area contributed by atoms with Crippen LogP contribution in [0.3, 0.4) is 0 Å². The molecule has 30 heavy (non-hydrogen) atoms. The SMILES string of the molecule is O=C1CC2(CCCC2)C(=O)N1CN1CCN(S(=O)(=O)c2ccc(F)c(F)c2F)CC1. The van der Waals surface area contributed by atoms with Crippen LogP contribution in [-0.2, 0) is 19.6 Å². The maximum absolute atomic E-state index is 14.0. The second-order valence-electron chi connectivity index (χ2n) is 8.13. The van der Waals surface area contributed by atoms with Crippen molar-refractivity contribution in [1.82, 2.24) is 14.1 Å². The highest BCUT2D eigenvalue weighted by atomic mass is 32.2. The molecule has 1 aromatic carbocycles. The standard InChI is InChI=1S/C19H22F3N3O4S/c20-13-3-4-14(17(22)16(13)21)30(28,29)24-9-7-23(8-10-24)12-25-15(26)11-19(18(25)27)5-1-2-6-19/h3-4H,1-2,5-12H2. The second kappa shape index (κ2) is 7.61. The number of hydrogen-bond acceptors (Lipinski definition) is 5. The average Bonchev–Trinajstić information content (AvgIpc) is 3.27. The lowest BCUT2D eigenvalue weighted by Crippen LogP contribution is -2.52. The van der Waals surface area contributed by atoms with E-state index in [1.807, 2.05) is 0 Å². The molecule has 0 aromatic heterocycles. The molecule has 2 saturated heterocycles. The van der Waals surface area contributed by atoms with Crippen molar-refractivity contribution in [2.75, 3.05) is 32.8 Å². The molecule has 2 aliphatic heterocycles. The summed E-state index contributed by atoms with van der Waals surface area (Å²) in [6.45, 7) is 0.472. The van der Waals surface area contributed by atoms with Crippen LogP contribution in [-0.4, -0.2) is 67.2 Å². The highest BCUT2D eigenvalue weighted by Crippen LogP contribution is 2.46. The van der Waals surface area contributed by atoms with Crippen LogP contribution in [0.1, 0.15) is 32.1 Å². The minimum absolute atomic E-state index is 0.0257. The topological polar surface area (TPSA) is 78.0 Å². The van der Waals surface area contributed by atoms with Gasteiger partial charge in [0.05, 0.1) is 12.1 Å². The number of benzene rings is 1. The van der Waals surface area contributed by atoms with Crippen molar-refractivity contribution >= 4 is 21.8 Å². The Labute approximate surface area is 172 Å². The van der Waals surface area contributed by atoms with Gasteiger partial charge < -0.3 is 0 Å². The van der Waals surface area contributed by atoms with Crippen molar-refractivity contribution in [3.8, 4) is 0 Å². The van der Waals surface area contributed by atoms with E-state index in [0.717, 1.165) is 30.0 Å². The molecule has 1 aliphatic carbocycles. The monoisotopic (exact) mass is 445 g/mol. The fourth-order valence-corrected chi connectivity index (χ4v) is 6.08. The molecule has 3 fully saturated rings. The highest BCUT2D eigenvalue weighted by molar-refractivity contribution is 7.89. The molecule has 1 spiro atoms. The van der Waals surface area contributed by atoms with Crippen LogP contribution < -0.4 is 0 Å².